The Kier molecular flexibility index (Phi) is 7.00. The third-order valence-corrected chi connectivity index (χ3v) is 6.34. The van der Waals surface area contributed by atoms with Gasteiger partial charge in [0.25, 0.3) is 0 Å². The van der Waals surface area contributed by atoms with E-state index in [0.29, 0.717) is 6.54 Å². The van der Waals surface area contributed by atoms with E-state index in [1.54, 1.807) is 0 Å². The number of aliphatic imine (C=N–C) groups is 1. The second-order valence-corrected chi connectivity index (χ2v) is 8.76. The van der Waals surface area contributed by atoms with Crippen LogP contribution in [0.5, 0.6) is 0 Å². The van der Waals surface area contributed by atoms with Crippen molar-refractivity contribution in [2.45, 2.75) is 6.92 Å². The molecule has 0 saturated carbocycles. The molecule has 0 saturated heterocycles. The molecule has 174 valence electrons. The van der Waals surface area contributed by atoms with Gasteiger partial charge in [-0.1, -0.05) is 97.6 Å². The van der Waals surface area contributed by atoms with Gasteiger partial charge in [-0.05, 0) is 93.9 Å². The second-order valence-electron chi connectivity index (χ2n) is 8.76. The molecule has 5 rings (SSSR count). The zero-order valence-electron chi connectivity index (χ0n) is 20.6. The van der Waals surface area contributed by atoms with Crippen LogP contribution in [-0.2, 0) is 0 Å². The van der Waals surface area contributed by atoms with E-state index in [1.165, 1.54) is 38.9 Å². The molecular weight excluding hydrogens is 434 g/mol. The molecule has 1 nitrogen and oxygen atoms in total. The lowest BCUT2D eigenvalue weighted by Gasteiger charge is -2.14. The molecule has 0 amide bonds. The van der Waals surface area contributed by atoms with E-state index < -0.39 is 0 Å². The summed E-state index contributed by atoms with van der Waals surface area (Å²) in [6.45, 7) is 6.81. The van der Waals surface area contributed by atoms with E-state index in [-0.39, 0.29) is 0 Å². The Morgan fingerprint density at radius 1 is 0.528 bits per heavy atom. The van der Waals surface area contributed by atoms with Crippen molar-refractivity contribution in [3.63, 3.8) is 0 Å². The van der Waals surface area contributed by atoms with E-state index in [4.69, 9.17) is 4.99 Å². The van der Waals surface area contributed by atoms with Crippen molar-refractivity contribution < 1.29 is 0 Å². The number of hydrogen-bond acceptors (Lipinski definition) is 1. The van der Waals surface area contributed by atoms with Gasteiger partial charge >= 0.3 is 0 Å². The lowest BCUT2D eigenvalue weighted by molar-refractivity contribution is 1.13. The van der Waals surface area contributed by atoms with E-state index >= 15 is 0 Å². The molecule has 0 radical (unpaired) electrons. The summed E-state index contributed by atoms with van der Waals surface area (Å²) in [6.07, 6.45) is 1.85. The number of rotatable bonds is 7. The topological polar surface area (TPSA) is 12.4 Å². The molecule has 1 heteroatoms. The van der Waals surface area contributed by atoms with Gasteiger partial charge in [-0.2, -0.15) is 0 Å². The van der Waals surface area contributed by atoms with Crippen LogP contribution in [0.3, 0.4) is 0 Å². The van der Waals surface area contributed by atoms with E-state index in [9.17, 15) is 0 Å². The van der Waals surface area contributed by atoms with Crippen molar-refractivity contribution in [2.75, 3.05) is 6.54 Å². The fourth-order valence-corrected chi connectivity index (χ4v) is 4.57. The zero-order chi connectivity index (χ0) is 24.7. The first-order valence-electron chi connectivity index (χ1n) is 12.4. The molecule has 0 aliphatic carbocycles. The molecule has 0 unspecified atom stereocenters. The largest absolute Gasteiger partial charge is 0.285 e. The Labute approximate surface area is 214 Å². The average Bonchev–Trinajstić information content (AvgIpc) is 2.97. The Bertz CT molecular complexity index is 1440. The maximum absolute atomic E-state index is 4.71. The molecule has 5 aromatic rings. The van der Waals surface area contributed by atoms with Gasteiger partial charge in [0.05, 0.1) is 5.71 Å². The lowest BCUT2D eigenvalue weighted by Crippen LogP contribution is -1.99. The van der Waals surface area contributed by atoms with E-state index in [0.717, 1.165) is 16.8 Å². The predicted molar refractivity (Wildman–Crippen MR) is 155 cm³/mol. The maximum Gasteiger partial charge on any atom is 0.0640 e. The van der Waals surface area contributed by atoms with Crippen LogP contribution in [0.4, 0.5) is 0 Å². The highest BCUT2D eigenvalue weighted by Crippen LogP contribution is 2.35. The molecular formula is C35H29N. The normalized spacial score (nSPS) is 11.3. The lowest BCUT2D eigenvalue weighted by atomic mass is 9.90. The number of hydrogen-bond donors (Lipinski definition) is 0. The second kappa shape index (κ2) is 10.8. The summed E-state index contributed by atoms with van der Waals surface area (Å²) < 4.78 is 0. The van der Waals surface area contributed by atoms with Crippen molar-refractivity contribution in [2.24, 2.45) is 4.99 Å². The summed E-state index contributed by atoms with van der Waals surface area (Å²) in [6, 6.07) is 45.3. The molecule has 0 aliphatic rings. The van der Waals surface area contributed by atoms with E-state index in [2.05, 4.69) is 141 Å². The Morgan fingerprint density at radius 2 is 0.861 bits per heavy atom. The first-order chi connectivity index (χ1) is 17.7. The van der Waals surface area contributed by atoms with Crippen LogP contribution >= 0.6 is 0 Å². The van der Waals surface area contributed by atoms with Gasteiger partial charge in [0.15, 0.2) is 0 Å². The van der Waals surface area contributed by atoms with Crippen LogP contribution in [0.25, 0.3) is 44.5 Å². The van der Waals surface area contributed by atoms with Crippen molar-refractivity contribution >= 4 is 5.71 Å². The Balaban J connectivity index is 1.75. The van der Waals surface area contributed by atoms with E-state index in [1.807, 2.05) is 6.08 Å². The van der Waals surface area contributed by atoms with Gasteiger partial charge in [0.1, 0.15) is 0 Å². The van der Waals surface area contributed by atoms with Crippen LogP contribution in [-0.4, -0.2) is 12.3 Å². The van der Waals surface area contributed by atoms with Crippen molar-refractivity contribution in [3.8, 4) is 44.5 Å². The van der Waals surface area contributed by atoms with Gasteiger partial charge < -0.3 is 0 Å². The molecule has 0 atom stereocenters. The standard InChI is InChI=1S/C35H29N/c1-3-35(36-4-2)34-24-31(28-18-12-7-13-19-28)23-33(25-34)32-21-29(26-14-8-5-9-15-26)20-30(22-32)27-16-10-6-11-17-27/h3,5-25H,1,4H2,2H3. The summed E-state index contributed by atoms with van der Waals surface area (Å²) in [5, 5.41) is 0. The molecule has 0 fully saturated rings. The third kappa shape index (κ3) is 5.11. The summed E-state index contributed by atoms with van der Waals surface area (Å²) in [5.74, 6) is 0. The highest BCUT2D eigenvalue weighted by atomic mass is 14.7. The monoisotopic (exact) mass is 463 g/mol. The molecule has 36 heavy (non-hydrogen) atoms. The Hall–Kier alpha value is -4.49. The summed E-state index contributed by atoms with van der Waals surface area (Å²) in [5.41, 5.74) is 11.5. The fraction of sp³-hybridized carbons (Fsp3) is 0.0571. The Morgan fingerprint density at radius 3 is 1.22 bits per heavy atom. The van der Waals surface area contributed by atoms with Gasteiger partial charge in [0.2, 0.25) is 0 Å². The average molecular weight is 464 g/mol. The number of nitrogens with zero attached hydrogens (tertiary/aromatic N) is 1. The molecule has 0 aromatic heterocycles. The number of benzene rings is 5. The molecule has 5 aromatic carbocycles. The van der Waals surface area contributed by atoms with Crippen molar-refractivity contribution in [1.82, 2.24) is 0 Å². The van der Waals surface area contributed by atoms with Crippen molar-refractivity contribution in [1.29, 1.82) is 0 Å². The van der Waals surface area contributed by atoms with Crippen LogP contribution in [0.1, 0.15) is 12.5 Å². The molecule has 0 heterocycles. The quantitative estimate of drug-likeness (QED) is 0.213. The minimum absolute atomic E-state index is 0.716. The van der Waals surface area contributed by atoms with Crippen LogP contribution in [0.15, 0.2) is 145 Å². The summed E-state index contributed by atoms with van der Waals surface area (Å²) in [4.78, 5) is 4.71. The SMILES string of the molecule is C=CC(=NCC)c1cc(-c2ccccc2)cc(-c2cc(-c3ccccc3)cc(-c3ccccc3)c2)c1. The van der Waals surface area contributed by atoms with Crippen LogP contribution in [0, 0.1) is 0 Å². The highest BCUT2D eigenvalue weighted by Gasteiger charge is 2.11. The van der Waals surface area contributed by atoms with Gasteiger partial charge in [0, 0.05) is 12.1 Å². The van der Waals surface area contributed by atoms with Gasteiger partial charge in [-0.15, -0.1) is 0 Å². The molecule has 0 spiro atoms. The zero-order valence-corrected chi connectivity index (χ0v) is 20.6. The fourth-order valence-electron chi connectivity index (χ4n) is 4.57. The van der Waals surface area contributed by atoms with Gasteiger partial charge in [-0.3, -0.25) is 4.99 Å². The van der Waals surface area contributed by atoms with Crippen molar-refractivity contribution in [3.05, 3.63) is 146 Å². The maximum atomic E-state index is 4.71. The molecule has 0 aliphatic heterocycles. The summed E-state index contributed by atoms with van der Waals surface area (Å²) in [7, 11) is 0. The van der Waals surface area contributed by atoms with Gasteiger partial charge in [-0.25, -0.2) is 0 Å². The minimum Gasteiger partial charge on any atom is -0.285 e. The first kappa shape index (κ1) is 23.3. The number of allylic oxidation sites excluding steroid dienone is 1. The third-order valence-electron chi connectivity index (χ3n) is 6.34. The minimum atomic E-state index is 0.716. The predicted octanol–water partition coefficient (Wildman–Crippen LogP) is 9.35. The smallest absolute Gasteiger partial charge is 0.0640 e. The first-order valence-corrected chi connectivity index (χ1v) is 12.4. The summed E-state index contributed by atoms with van der Waals surface area (Å²) >= 11 is 0. The highest BCUT2D eigenvalue weighted by molar-refractivity contribution is 6.09. The molecule has 0 bridgehead atoms. The van der Waals surface area contributed by atoms with Crippen LogP contribution < -0.4 is 0 Å². The van der Waals surface area contributed by atoms with Crippen LogP contribution in [0.2, 0.25) is 0 Å². The molecule has 0 N–H and O–H groups in total.